The summed E-state index contributed by atoms with van der Waals surface area (Å²) in [5, 5.41) is 2.85. The second-order valence-corrected chi connectivity index (χ2v) is 8.60. The fraction of sp³-hybridized carbons (Fsp3) is 0.269. The number of aromatic nitrogens is 1. The van der Waals surface area contributed by atoms with E-state index in [0.29, 0.717) is 36.4 Å². The van der Waals surface area contributed by atoms with Gasteiger partial charge in [0.05, 0.1) is 13.2 Å². The van der Waals surface area contributed by atoms with Gasteiger partial charge >= 0.3 is 6.03 Å². The summed E-state index contributed by atoms with van der Waals surface area (Å²) in [4.78, 5) is 40.5. The molecule has 1 N–H and O–H groups in total. The number of nitrogens with one attached hydrogen (secondary N) is 1. The van der Waals surface area contributed by atoms with Crippen molar-refractivity contribution in [3.63, 3.8) is 0 Å². The highest BCUT2D eigenvalue weighted by molar-refractivity contribution is 6.12. The van der Waals surface area contributed by atoms with Crippen molar-refractivity contribution in [2.45, 2.75) is 32.4 Å². The van der Waals surface area contributed by atoms with E-state index in [4.69, 9.17) is 4.74 Å². The number of ether oxygens (including phenoxy) is 1. The van der Waals surface area contributed by atoms with E-state index in [1.54, 1.807) is 12.1 Å². The number of carbonyl (C=O) groups excluding carboxylic acids is 3. The fourth-order valence-electron chi connectivity index (χ4n) is 4.84. The van der Waals surface area contributed by atoms with E-state index in [9.17, 15) is 14.4 Å². The lowest BCUT2D eigenvalue weighted by Gasteiger charge is -2.33. The van der Waals surface area contributed by atoms with Crippen LogP contribution in [-0.2, 0) is 16.9 Å². The van der Waals surface area contributed by atoms with Crippen LogP contribution in [-0.4, -0.2) is 40.3 Å². The van der Waals surface area contributed by atoms with Crippen LogP contribution in [0.3, 0.4) is 0 Å². The van der Waals surface area contributed by atoms with Crippen molar-refractivity contribution in [3.8, 4) is 5.75 Å². The summed E-state index contributed by atoms with van der Waals surface area (Å²) in [6.45, 7) is 4.50. The summed E-state index contributed by atoms with van der Waals surface area (Å²) >= 11 is 0. The van der Waals surface area contributed by atoms with Crippen LogP contribution in [0, 0.1) is 13.8 Å². The zero-order chi connectivity index (χ0) is 23.2. The van der Waals surface area contributed by atoms with Crippen molar-refractivity contribution in [3.05, 3.63) is 88.7 Å². The van der Waals surface area contributed by atoms with E-state index >= 15 is 0 Å². The molecule has 2 aliphatic heterocycles. The number of Topliss-reactive ketones (excluding diaryl/α,β-unsaturated/α-hetero) is 1. The van der Waals surface area contributed by atoms with Gasteiger partial charge in [-0.25, -0.2) is 4.79 Å². The molecule has 1 spiro atoms. The number of amides is 3. The minimum Gasteiger partial charge on any atom is -0.493 e. The highest BCUT2D eigenvalue weighted by Gasteiger charge is 2.55. The zero-order valence-corrected chi connectivity index (χ0v) is 18.6. The van der Waals surface area contributed by atoms with E-state index < -0.39 is 17.5 Å². The first-order valence-electron chi connectivity index (χ1n) is 11.0. The Bertz CT molecular complexity index is 1260. The van der Waals surface area contributed by atoms with Crippen molar-refractivity contribution in [2.24, 2.45) is 0 Å². The van der Waals surface area contributed by atoms with E-state index in [1.807, 2.05) is 62.4 Å². The van der Waals surface area contributed by atoms with Crippen LogP contribution in [0.5, 0.6) is 5.75 Å². The molecule has 7 heteroatoms. The van der Waals surface area contributed by atoms with E-state index in [0.717, 1.165) is 21.9 Å². The van der Waals surface area contributed by atoms with Crippen LogP contribution in [0.4, 0.5) is 4.79 Å². The average molecular weight is 444 g/mol. The number of hydrogen-bond donors (Lipinski definition) is 1. The Balaban J connectivity index is 1.40. The lowest BCUT2D eigenvalue weighted by Crippen LogP contribution is -2.47. The van der Waals surface area contributed by atoms with Gasteiger partial charge in [0, 0.05) is 35.5 Å². The van der Waals surface area contributed by atoms with Gasteiger partial charge in [-0.05, 0) is 31.5 Å². The number of fused-ring (bicyclic) bond motifs is 2. The van der Waals surface area contributed by atoms with E-state index in [2.05, 4.69) is 9.88 Å². The first-order chi connectivity index (χ1) is 15.9. The summed E-state index contributed by atoms with van der Waals surface area (Å²) in [7, 11) is 0. The quantitative estimate of drug-likeness (QED) is 0.483. The van der Waals surface area contributed by atoms with Gasteiger partial charge in [0.15, 0.2) is 11.3 Å². The highest BCUT2D eigenvalue weighted by Crippen LogP contribution is 2.41. The molecule has 1 atom stereocenters. The number of urea groups is 1. The third-order valence-electron chi connectivity index (χ3n) is 6.62. The molecule has 1 aromatic heterocycles. The molecule has 3 amide bonds. The van der Waals surface area contributed by atoms with E-state index in [1.165, 1.54) is 0 Å². The third-order valence-corrected chi connectivity index (χ3v) is 6.62. The number of aryl methyl sites for hydroxylation is 1. The first kappa shape index (κ1) is 21.0. The normalized spacial score (nSPS) is 19.4. The topological polar surface area (TPSA) is 80.6 Å². The molecule has 0 saturated carbocycles. The predicted octanol–water partition coefficient (Wildman–Crippen LogP) is 3.57. The smallest absolute Gasteiger partial charge is 0.325 e. The molecule has 1 fully saturated rings. The van der Waals surface area contributed by atoms with Gasteiger partial charge in [-0.1, -0.05) is 48.5 Å². The number of rotatable bonds is 5. The van der Waals surface area contributed by atoms with Crippen LogP contribution >= 0.6 is 0 Å². The number of ketones is 1. The minimum atomic E-state index is -1.18. The molecule has 5 rings (SSSR count). The summed E-state index contributed by atoms with van der Waals surface area (Å²) < 4.78 is 7.74. The van der Waals surface area contributed by atoms with Crippen LogP contribution in [0.1, 0.15) is 39.3 Å². The molecule has 2 aliphatic rings. The van der Waals surface area contributed by atoms with Crippen molar-refractivity contribution >= 4 is 17.7 Å². The van der Waals surface area contributed by atoms with Gasteiger partial charge in [0.1, 0.15) is 5.75 Å². The van der Waals surface area contributed by atoms with Gasteiger partial charge < -0.3 is 14.6 Å². The molecular formula is C26H25N3O4. The molecule has 3 heterocycles. The molecule has 0 radical (unpaired) electrons. The number of hydrogen-bond acceptors (Lipinski definition) is 4. The Labute approximate surface area is 192 Å². The summed E-state index contributed by atoms with van der Waals surface area (Å²) in [5.74, 6) is -0.0898. The molecule has 2 aromatic carbocycles. The molecule has 33 heavy (non-hydrogen) atoms. The van der Waals surface area contributed by atoms with Crippen LogP contribution in [0.15, 0.2) is 60.7 Å². The van der Waals surface area contributed by atoms with E-state index in [-0.39, 0.29) is 12.3 Å². The predicted molar refractivity (Wildman–Crippen MR) is 122 cm³/mol. The van der Waals surface area contributed by atoms with Crippen LogP contribution < -0.4 is 10.1 Å². The maximum atomic E-state index is 13.5. The summed E-state index contributed by atoms with van der Waals surface area (Å²) in [5.41, 5.74) is 2.87. The maximum Gasteiger partial charge on any atom is 0.325 e. The monoisotopic (exact) mass is 443 g/mol. The Morgan fingerprint density at radius 3 is 2.58 bits per heavy atom. The molecule has 1 saturated heterocycles. The number of para-hydroxylation sites is 1. The number of imide groups is 1. The van der Waals surface area contributed by atoms with Crippen molar-refractivity contribution in [2.75, 3.05) is 13.2 Å². The average Bonchev–Trinajstić information content (AvgIpc) is 3.23. The van der Waals surface area contributed by atoms with Gasteiger partial charge in [-0.3, -0.25) is 14.5 Å². The highest BCUT2D eigenvalue weighted by atomic mass is 16.5. The number of benzene rings is 2. The first-order valence-corrected chi connectivity index (χ1v) is 11.0. The van der Waals surface area contributed by atoms with Crippen LogP contribution in [0.25, 0.3) is 0 Å². The zero-order valence-electron chi connectivity index (χ0n) is 18.6. The molecule has 3 aromatic rings. The van der Waals surface area contributed by atoms with Crippen LogP contribution in [0.2, 0.25) is 0 Å². The largest absolute Gasteiger partial charge is 0.493 e. The molecule has 1 unspecified atom stereocenters. The van der Waals surface area contributed by atoms with Gasteiger partial charge in [0.2, 0.25) is 0 Å². The molecular weight excluding hydrogens is 418 g/mol. The number of nitrogens with zero attached hydrogens (tertiary/aromatic N) is 2. The van der Waals surface area contributed by atoms with Crippen molar-refractivity contribution in [1.29, 1.82) is 0 Å². The SMILES string of the molecule is Cc1cc(C(=O)CN2C(=O)NC3(CCOc4ccccc43)C2=O)c(C)n1Cc1ccccc1. The third kappa shape index (κ3) is 3.40. The van der Waals surface area contributed by atoms with Crippen molar-refractivity contribution < 1.29 is 19.1 Å². The Kier molecular flexibility index (Phi) is 5.04. The van der Waals surface area contributed by atoms with Gasteiger partial charge in [-0.2, -0.15) is 0 Å². The minimum absolute atomic E-state index is 0.261. The van der Waals surface area contributed by atoms with Gasteiger partial charge in [-0.15, -0.1) is 0 Å². The molecule has 0 aliphatic carbocycles. The lowest BCUT2D eigenvalue weighted by atomic mass is 9.84. The van der Waals surface area contributed by atoms with Crippen molar-refractivity contribution in [1.82, 2.24) is 14.8 Å². The second kappa shape index (κ2) is 7.92. The molecule has 168 valence electrons. The Morgan fingerprint density at radius 2 is 1.79 bits per heavy atom. The molecule has 0 bridgehead atoms. The summed E-state index contributed by atoms with van der Waals surface area (Å²) in [6, 6.07) is 18.5. The number of carbonyl (C=O) groups is 3. The Morgan fingerprint density at radius 1 is 1.06 bits per heavy atom. The summed E-state index contributed by atoms with van der Waals surface area (Å²) in [6.07, 6.45) is 0.324. The maximum absolute atomic E-state index is 13.5. The Hall–Kier alpha value is -3.87. The lowest BCUT2D eigenvalue weighted by molar-refractivity contribution is -0.132. The molecule has 7 nitrogen and oxygen atoms in total. The standard InChI is InChI=1S/C26H25N3O4/c1-17-14-20(18(2)28(17)15-19-8-4-3-5-9-19)22(30)16-29-24(31)26(27-25(29)32)12-13-33-23-11-7-6-10-21(23)26/h3-11,14H,12-13,15-16H2,1-2H3,(H,27,32). The second-order valence-electron chi connectivity index (χ2n) is 8.60. The fourth-order valence-corrected chi connectivity index (χ4v) is 4.84. The van der Waals surface area contributed by atoms with Gasteiger partial charge in [0.25, 0.3) is 5.91 Å².